The summed E-state index contributed by atoms with van der Waals surface area (Å²) in [6, 6.07) is 12.9. The molecule has 2 aromatic heterocycles. The molecule has 1 amide bonds. The zero-order valence-electron chi connectivity index (χ0n) is 28.6. The largest absolute Gasteiger partial charge is 0.457 e. The first-order chi connectivity index (χ1) is 23.8. The highest BCUT2D eigenvalue weighted by atomic mass is 19.4. The van der Waals surface area contributed by atoms with E-state index in [9.17, 15) is 18.0 Å². The Kier molecular flexibility index (Phi) is 9.10. The van der Waals surface area contributed by atoms with Crippen LogP contribution in [0, 0.1) is 0 Å². The number of halogens is 3. The lowest BCUT2D eigenvalue weighted by Gasteiger charge is -2.49. The third-order valence-corrected chi connectivity index (χ3v) is 9.95. The van der Waals surface area contributed by atoms with Gasteiger partial charge in [0.1, 0.15) is 34.9 Å². The first kappa shape index (κ1) is 34.0. The quantitative estimate of drug-likeness (QED) is 0.239. The first-order valence-corrected chi connectivity index (χ1v) is 17.2. The maximum absolute atomic E-state index is 12.9. The van der Waals surface area contributed by atoms with Crippen LogP contribution in [-0.2, 0) is 10.9 Å². The van der Waals surface area contributed by atoms with E-state index in [1.807, 2.05) is 37.6 Å². The van der Waals surface area contributed by atoms with Gasteiger partial charge in [0.15, 0.2) is 5.65 Å². The van der Waals surface area contributed by atoms with E-state index in [0.29, 0.717) is 46.1 Å². The number of fused-ring (bicyclic) bond motifs is 1. The number of nitrogens with two attached hydrogens (primary N) is 1. The molecule has 5 heterocycles. The number of alkyl halides is 3. The van der Waals surface area contributed by atoms with E-state index in [2.05, 4.69) is 19.8 Å². The van der Waals surface area contributed by atoms with Gasteiger partial charge in [0, 0.05) is 56.9 Å². The second-order valence-corrected chi connectivity index (χ2v) is 14.5. The predicted molar refractivity (Wildman–Crippen MR) is 183 cm³/mol. The Morgan fingerprint density at radius 1 is 0.800 bits per heavy atom. The van der Waals surface area contributed by atoms with Crippen molar-refractivity contribution in [2.75, 3.05) is 45.0 Å². The summed E-state index contributed by atoms with van der Waals surface area (Å²) in [7, 11) is 0. The minimum absolute atomic E-state index is 0.160. The fraction of sp³-hybridized carbons (Fsp3) is 0.500. The highest BCUT2D eigenvalue weighted by Crippen LogP contribution is 2.37. The molecule has 3 aliphatic rings. The third-order valence-electron chi connectivity index (χ3n) is 9.95. The number of piperidine rings is 2. The Hall–Kier alpha value is -4.43. The van der Waals surface area contributed by atoms with Gasteiger partial charge >= 0.3 is 12.3 Å². The fourth-order valence-corrected chi connectivity index (χ4v) is 7.25. The molecule has 3 fully saturated rings. The van der Waals surface area contributed by atoms with Gasteiger partial charge in [0.25, 0.3) is 0 Å². The average Bonchev–Trinajstić information content (AvgIpc) is 3.45. The molecule has 0 spiro atoms. The van der Waals surface area contributed by atoms with Crippen molar-refractivity contribution in [2.45, 2.75) is 76.4 Å². The van der Waals surface area contributed by atoms with Gasteiger partial charge in [-0.1, -0.05) is 0 Å². The van der Waals surface area contributed by atoms with Crippen LogP contribution in [0.2, 0.25) is 0 Å². The minimum atomic E-state index is -4.40. The number of anilines is 1. The zero-order valence-corrected chi connectivity index (χ0v) is 28.6. The molecular formula is C36H43F3N8O3. The molecular weight excluding hydrogens is 649 g/mol. The van der Waals surface area contributed by atoms with E-state index in [-0.39, 0.29) is 12.1 Å². The fourth-order valence-electron chi connectivity index (χ4n) is 7.25. The number of carbonyl (C=O) groups excluding carboxylic acids is 1. The summed E-state index contributed by atoms with van der Waals surface area (Å²) in [5.74, 6) is 1.14. The number of hydrogen-bond acceptors (Lipinski definition) is 9. The lowest BCUT2D eigenvalue weighted by Crippen LogP contribution is -2.63. The monoisotopic (exact) mass is 692 g/mol. The molecule has 0 bridgehead atoms. The summed E-state index contributed by atoms with van der Waals surface area (Å²) in [5.41, 5.74) is 7.35. The highest BCUT2D eigenvalue weighted by Gasteiger charge is 2.39. The van der Waals surface area contributed by atoms with Crippen molar-refractivity contribution >= 4 is 22.9 Å². The molecule has 266 valence electrons. The lowest BCUT2D eigenvalue weighted by atomic mass is 9.96. The molecule has 4 aromatic rings. The molecule has 2 aromatic carbocycles. The van der Waals surface area contributed by atoms with Crippen LogP contribution in [0.1, 0.15) is 58.1 Å². The lowest BCUT2D eigenvalue weighted by molar-refractivity contribution is -0.137. The summed E-state index contributed by atoms with van der Waals surface area (Å²) in [5, 5.41) is 5.73. The number of aromatic nitrogens is 4. The van der Waals surface area contributed by atoms with Gasteiger partial charge in [-0.3, -0.25) is 4.90 Å². The summed E-state index contributed by atoms with van der Waals surface area (Å²) >= 11 is 0. The number of ether oxygens (including phenoxy) is 2. The Bertz CT molecular complexity index is 1800. The number of nitrogens with zero attached hydrogens (tertiary/aromatic N) is 7. The van der Waals surface area contributed by atoms with E-state index in [1.165, 1.54) is 18.5 Å². The molecule has 3 saturated heterocycles. The van der Waals surface area contributed by atoms with Crippen molar-refractivity contribution in [3.8, 4) is 22.8 Å². The van der Waals surface area contributed by atoms with Crippen molar-refractivity contribution in [2.24, 2.45) is 0 Å². The van der Waals surface area contributed by atoms with Crippen LogP contribution in [0.15, 0.2) is 54.9 Å². The van der Waals surface area contributed by atoms with Crippen LogP contribution < -0.4 is 10.5 Å². The van der Waals surface area contributed by atoms with E-state index >= 15 is 0 Å². The van der Waals surface area contributed by atoms with Crippen LogP contribution >= 0.6 is 0 Å². The van der Waals surface area contributed by atoms with E-state index in [0.717, 1.165) is 82.6 Å². The molecule has 2 N–H and O–H groups in total. The molecule has 0 aliphatic carbocycles. The number of likely N-dealkylation sites (tertiary alicyclic amines) is 3. The SMILES string of the molecule is CC(C)(C)OC(=O)N1CC(N2CCC(N3CCC(n4nc(-c5ccc(Oc6ccc(C(F)(F)F)cc6)cc5)c5c(N)ncnc54)CC3)CC2)C1. The summed E-state index contributed by atoms with van der Waals surface area (Å²) in [6.07, 6.45) is 0.953. The molecule has 14 heteroatoms. The maximum atomic E-state index is 12.9. The third kappa shape index (κ3) is 7.22. The number of amides is 1. The topological polar surface area (TPSA) is 115 Å². The van der Waals surface area contributed by atoms with Gasteiger partial charge in [-0.25, -0.2) is 19.4 Å². The Labute approximate surface area is 289 Å². The van der Waals surface area contributed by atoms with E-state index in [1.54, 1.807) is 17.0 Å². The molecule has 3 aliphatic heterocycles. The second kappa shape index (κ2) is 13.4. The van der Waals surface area contributed by atoms with Crippen LogP contribution in [0.4, 0.5) is 23.8 Å². The standard InChI is InChI=1S/C36H43F3N8O3/c1-35(2,3)50-34(48)46-20-27(21-46)45-16-12-25(13-17-45)44-18-14-26(15-19-44)47-33-30(32(40)41-22-42-33)31(43-47)23-4-8-28(9-5-23)49-29-10-6-24(7-11-29)36(37,38)39/h4-11,22,25-27H,12-21H2,1-3H3,(H2,40,41,42). The van der Waals surface area contributed by atoms with Gasteiger partial charge in [0.2, 0.25) is 0 Å². The van der Waals surface area contributed by atoms with Crippen molar-refractivity contribution in [3.63, 3.8) is 0 Å². The molecule has 11 nitrogen and oxygen atoms in total. The number of hydrogen-bond donors (Lipinski definition) is 1. The van der Waals surface area contributed by atoms with Crippen molar-refractivity contribution < 1.29 is 27.4 Å². The second-order valence-electron chi connectivity index (χ2n) is 14.5. The van der Waals surface area contributed by atoms with Gasteiger partial charge in [-0.2, -0.15) is 18.3 Å². The van der Waals surface area contributed by atoms with Crippen LogP contribution in [0.25, 0.3) is 22.3 Å². The number of rotatable bonds is 6. The molecule has 50 heavy (non-hydrogen) atoms. The van der Waals surface area contributed by atoms with Gasteiger partial charge in [-0.15, -0.1) is 0 Å². The van der Waals surface area contributed by atoms with Crippen LogP contribution in [0.3, 0.4) is 0 Å². The van der Waals surface area contributed by atoms with Crippen LogP contribution in [0.5, 0.6) is 11.5 Å². The maximum Gasteiger partial charge on any atom is 0.416 e. The van der Waals surface area contributed by atoms with Gasteiger partial charge in [-0.05, 0) is 95.0 Å². The van der Waals surface area contributed by atoms with Crippen LogP contribution in [-0.4, -0.2) is 97.5 Å². The molecule has 0 unspecified atom stereocenters. The summed E-state index contributed by atoms with van der Waals surface area (Å²) < 4.78 is 52.1. The Balaban J connectivity index is 0.959. The van der Waals surface area contributed by atoms with E-state index in [4.69, 9.17) is 20.3 Å². The first-order valence-electron chi connectivity index (χ1n) is 17.2. The number of carbonyl (C=O) groups is 1. The van der Waals surface area contributed by atoms with Crippen molar-refractivity contribution in [3.05, 3.63) is 60.4 Å². The van der Waals surface area contributed by atoms with Crippen molar-refractivity contribution in [1.29, 1.82) is 0 Å². The average molecular weight is 693 g/mol. The smallest absolute Gasteiger partial charge is 0.416 e. The minimum Gasteiger partial charge on any atom is -0.457 e. The number of nitrogen functional groups attached to an aromatic ring is 1. The molecule has 0 radical (unpaired) electrons. The molecule has 0 atom stereocenters. The molecule has 7 rings (SSSR count). The van der Waals surface area contributed by atoms with E-state index < -0.39 is 17.3 Å². The normalized spacial score (nSPS) is 19.1. The van der Waals surface area contributed by atoms with Gasteiger partial charge < -0.3 is 25.0 Å². The summed E-state index contributed by atoms with van der Waals surface area (Å²) in [4.78, 5) is 28.1. The predicted octanol–water partition coefficient (Wildman–Crippen LogP) is 6.61. The zero-order chi connectivity index (χ0) is 35.2. The number of benzene rings is 2. The molecule has 0 saturated carbocycles. The Morgan fingerprint density at radius 3 is 1.94 bits per heavy atom. The van der Waals surface area contributed by atoms with Crippen molar-refractivity contribution in [1.82, 2.24) is 34.4 Å². The Morgan fingerprint density at radius 2 is 1.36 bits per heavy atom. The van der Waals surface area contributed by atoms with Gasteiger partial charge in [0.05, 0.1) is 17.0 Å². The highest BCUT2D eigenvalue weighted by molar-refractivity contribution is 5.98. The summed E-state index contributed by atoms with van der Waals surface area (Å²) in [6.45, 7) is 11.2.